The minimum absolute atomic E-state index is 0.0708. The van der Waals surface area contributed by atoms with Gasteiger partial charge in [-0.2, -0.15) is 0 Å². The zero-order valence-corrected chi connectivity index (χ0v) is 21.9. The summed E-state index contributed by atoms with van der Waals surface area (Å²) in [6.45, 7) is 8.24. The standard InChI is InChI=1S/C29H33BrN2O2/c1-21-9-8-12-24(17-21)19-27(33)32(20-23-13-15-25(30)16-14-23)26(28(34)31-29(2,3)4)18-22-10-6-5-7-11-22/h5-17,26H,18-20H2,1-4H3,(H,31,34). The maximum absolute atomic E-state index is 13.7. The van der Waals surface area contributed by atoms with E-state index in [1.807, 2.05) is 107 Å². The fourth-order valence-corrected chi connectivity index (χ4v) is 4.16. The molecule has 3 aromatic rings. The second-order valence-corrected chi connectivity index (χ2v) is 10.7. The van der Waals surface area contributed by atoms with E-state index in [9.17, 15) is 9.59 Å². The van der Waals surface area contributed by atoms with E-state index in [0.717, 1.165) is 26.7 Å². The highest BCUT2D eigenvalue weighted by atomic mass is 79.9. The van der Waals surface area contributed by atoms with Crippen LogP contribution in [-0.2, 0) is 29.0 Å². The summed E-state index contributed by atoms with van der Waals surface area (Å²) in [5.74, 6) is -0.218. The lowest BCUT2D eigenvalue weighted by Gasteiger charge is -2.34. The summed E-state index contributed by atoms with van der Waals surface area (Å²) in [5, 5.41) is 3.10. The number of carbonyl (C=O) groups is 2. The first-order chi connectivity index (χ1) is 16.1. The Labute approximate surface area is 211 Å². The first-order valence-electron chi connectivity index (χ1n) is 11.6. The van der Waals surface area contributed by atoms with E-state index >= 15 is 0 Å². The van der Waals surface area contributed by atoms with Gasteiger partial charge < -0.3 is 10.2 Å². The number of hydrogen-bond donors (Lipinski definition) is 1. The fourth-order valence-electron chi connectivity index (χ4n) is 3.89. The van der Waals surface area contributed by atoms with E-state index in [0.29, 0.717) is 13.0 Å². The van der Waals surface area contributed by atoms with Crippen LogP contribution in [0.25, 0.3) is 0 Å². The van der Waals surface area contributed by atoms with E-state index in [-0.39, 0.29) is 18.2 Å². The molecule has 0 heterocycles. The van der Waals surface area contributed by atoms with E-state index in [4.69, 9.17) is 0 Å². The fraction of sp³-hybridized carbons (Fsp3) is 0.310. The Kier molecular flexibility index (Phi) is 8.67. The molecule has 4 nitrogen and oxygen atoms in total. The van der Waals surface area contributed by atoms with Crippen molar-refractivity contribution in [3.05, 3.63) is 106 Å². The van der Waals surface area contributed by atoms with Crippen LogP contribution in [0.3, 0.4) is 0 Å². The normalized spacial score (nSPS) is 12.1. The van der Waals surface area contributed by atoms with Gasteiger partial charge in [-0.3, -0.25) is 9.59 Å². The largest absolute Gasteiger partial charge is 0.350 e. The van der Waals surface area contributed by atoms with E-state index in [1.165, 1.54) is 0 Å². The van der Waals surface area contributed by atoms with Crippen molar-refractivity contribution in [2.75, 3.05) is 0 Å². The van der Waals surface area contributed by atoms with Crippen LogP contribution in [0.5, 0.6) is 0 Å². The molecule has 0 spiro atoms. The summed E-state index contributed by atoms with van der Waals surface area (Å²) < 4.78 is 0.972. The zero-order valence-electron chi connectivity index (χ0n) is 20.3. The van der Waals surface area contributed by atoms with Gasteiger partial charge in [-0.25, -0.2) is 0 Å². The van der Waals surface area contributed by atoms with Crippen LogP contribution < -0.4 is 5.32 Å². The summed E-state index contributed by atoms with van der Waals surface area (Å²) in [5.41, 5.74) is 3.63. The van der Waals surface area contributed by atoms with Gasteiger partial charge in [0.05, 0.1) is 6.42 Å². The molecule has 0 aromatic heterocycles. The minimum atomic E-state index is -0.636. The summed E-state index contributed by atoms with van der Waals surface area (Å²) in [6.07, 6.45) is 0.686. The average molecular weight is 521 g/mol. The highest BCUT2D eigenvalue weighted by molar-refractivity contribution is 9.10. The smallest absolute Gasteiger partial charge is 0.243 e. The summed E-state index contributed by atoms with van der Waals surface area (Å²) in [7, 11) is 0. The Balaban J connectivity index is 1.98. The third-order valence-electron chi connectivity index (χ3n) is 5.47. The van der Waals surface area contributed by atoms with Crippen molar-refractivity contribution < 1.29 is 9.59 Å². The molecular formula is C29H33BrN2O2. The topological polar surface area (TPSA) is 49.4 Å². The number of benzene rings is 3. The van der Waals surface area contributed by atoms with Gasteiger partial charge in [-0.05, 0) is 56.5 Å². The van der Waals surface area contributed by atoms with Crippen molar-refractivity contribution in [1.29, 1.82) is 0 Å². The lowest BCUT2D eigenvalue weighted by molar-refractivity contribution is -0.141. The van der Waals surface area contributed by atoms with Crippen LogP contribution in [0.1, 0.15) is 43.0 Å². The van der Waals surface area contributed by atoms with Crippen LogP contribution in [0.4, 0.5) is 0 Å². The van der Waals surface area contributed by atoms with Crippen molar-refractivity contribution in [2.45, 2.75) is 58.7 Å². The molecule has 0 fully saturated rings. The number of rotatable bonds is 8. The van der Waals surface area contributed by atoms with Crippen molar-refractivity contribution in [3.8, 4) is 0 Å². The second kappa shape index (κ2) is 11.5. The van der Waals surface area contributed by atoms with Crippen LogP contribution in [0.15, 0.2) is 83.3 Å². The lowest BCUT2D eigenvalue weighted by Crippen LogP contribution is -2.54. The third kappa shape index (κ3) is 7.84. The number of halogens is 1. The molecule has 5 heteroatoms. The predicted molar refractivity (Wildman–Crippen MR) is 141 cm³/mol. The van der Waals surface area contributed by atoms with Gasteiger partial charge in [-0.15, -0.1) is 0 Å². The highest BCUT2D eigenvalue weighted by Gasteiger charge is 2.32. The van der Waals surface area contributed by atoms with E-state index in [2.05, 4.69) is 21.2 Å². The first kappa shape index (κ1) is 25.7. The van der Waals surface area contributed by atoms with Gasteiger partial charge in [0.15, 0.2) is 0 Å². The molecule has 0 saturated heterocycles. The molecule has 0 bridgehead atoms. The Morgan fingerprint density at radius 2 is 1.53 bits per heavy atom. The molecule has 3 rings (SSSR count). The number of hydrogen-bond acceptors (Lipinski definition) is 2. The minimum Gasteiger partial charge on any atom is -0.350 e. The van der Waals surface area contributed by atoms with Crippen molar-refractivity contribution in [2.24, 2.45) is 0 Å². The Hall–Kier alpha value is -2.92. The van der Waals surface area contributed by atoms with Crippen LogP contribution in [0, 0.1) is 6.92 Å². The maximum Gasteiger partial charge on any atom is 0.243 e. The summed E-state index contributed by atoms with van der Waals surface area (Å²) >= 11 is 3.48. The molecule has 178 valence electrons. The molecule has 0 aliphatic heterocycles. The zero-order chi connectivity index (χ0) is 24.7. The SMILES string of the molecule is Cc1cccc(CC(=O)N(Cc2ccc(Br)cc2)C(Cc2ccccc2)C(=O)NC(C)(C)C)c1. The first-order valence-corrected chi connectivity index (χ1v) is 12.4. The van der Waals surface area contributed by atoms with Gasteiger partial charge in [0.2, 0.25) is 11.8 Å². The molecule has 1 atom stereocenters. The number of amides is 2. The van der Waals surface area contributed by atoms with Crippen molar-refractivity contribution in [3.63, 3.8) is 0 Å². The van der Waals surface area contributed by atoms with Gasteiger partial charge in [0.1, 0.15) is 6.04 Å². The molecule has 0 aliphatic rings. The molecule has 0 radical (unpaired) electrons. The molecule has 2 amide bonds. The number of carbonyl (C=O) groups excluding carboxylic acids is 2. The molecule has 0 aliphatic carbocycles. The van der Waals surface area contributed by atoms with Crippen molar-refractivity contribution >= 4 is 27.7 Å². The molecule has 1 unspecified atom stereocenters. The Bertz CT molecular complexity index is 1100. The number of nitrogens with zero attached hydrogens (tertiary/aromatic N) is 1. The summed E-state index contributed by atoms with van der Waals surface area (Å²) in [6, 6.07) is 25.1. The molecule has 34 heavy (non-hydrogen) atoms. The van der Waals surface area contributed by atoms with Crippen LogP contribution in [-0.4, -0.2) is 28.3 Å². The quantitative estimate of drug-likeness (QED) is 0.404. The van der Waals surface area contributed by atoms with E-state index < -0.39 is 11.6 Å². The lowest BCUT2D eigenvalue weighted by atomic mass is 9.99. The van der Waals surface area contributed by atoms with Crippen LogP contribution >= 0.6 is 15.9 Å². The molecule has 1 N–H and O–H groups in total. The Morgan fingerprint density at radius 1 is 0.882 bits per heavy atom. The number of nitrogens with one attached hydrogen (secondary N) is 1. The van der Waals surface area contributed by atoms with Gasteiger partial charge in [0.25, 0.3) is 0 Å². The predicted octanol–water partition coefficient (Wildman–Crippen LogP) is 5.85. The molecule has 3 aromatic carbocycles. The number of aryl methyl sites for hydroxylation is 1. The highest BCUT2D eigenvalue weighted by Crippen LogP contribution is 2.19. The molecule has 0 saturated carbocycles. The summed E-state index contributed by atoms with van der Waals surface area (Å²) in [4.78, 5) is 29.0. The van der Waals surface area contributed by atoms with Gasteiger partial charge in [0, 0.05) is 23.0 Å². The molecular weight excluding hydrogens is 488 g/mol. The van der Waals surface area contributed by atoms with Crippen molar-refractivity contribution in [1.82, 2.24) is 10.2 Å². The van der Waals surface area contributed by atoms with E-state index in [1.54, 1.807) is 4.90 Å². The monoisotopic (exact) mass is 520 g/mol. The maximum atomic E-state index is 13.7. The average Bonchev–Trinajstić information content (AvgIpc) is 2.77. The second-order valence-electron chi connectivity index (χ2n) is 9.76. The van der Waals surface area contributed by atoms with Crippen LogP contribution in [0.2, 0.25) is 0 Å². The third-order valence-corrected chi connectivity index (χ3v) is 6.00. The van der Waals surface area contributed by atoms with Gasteiger partial charge in [-0.1, -0.05) is 88.2 Å². The van der Waals surface area contributed by atoms with Gasteiger partial charge >= 0.3 is 0 Å². The Morgan fingerprint density at radius 3 is 2.15 bits per heavy atom.